The predicted octanol–water partition coefficient (Wildman–Crippen LogP) is 0.711. The lowest BCUT2D eigenvalue weighted by Gasteiger charge is -2.24. The van der Waals surface area contributed by atoms with Gasteiger partial charge in [-0.05, 0) is 32.0 Å². The number of benzene rings is 1. The molecule has 18 heavy (non-hydrogen) atoms. The van der Waals surface area contributed by atoms with Crippen LogP contribution in [0.4, 0.5) is 5.95 Å². The van der Waals surface area contributed by atoms with Crippen molar-refractivity contribution in [3.05, 3.63) is 23.8 Å². The molecule has 2 rings (SSSR count). The average Bonchev–Trinajstić information content (AvgIpc) is 2.63. The van der Waals surface area contributed by atoms with E-state index in [0.29, 0.717) is 16.6 Å². The number of nitrogens with two attached hydrogens (primary N) is 2. The highest BCUT2D eigenvalue weighted by Crippen LogP contribution is 2.27. The van der Waals surface area contributed by atoms with Gasteiger partial charge in [-0.1, -0.05) is 0 Å². The van der Waals surface area contributed by atoms with E-state index in [4.69, 9.17) is 16.7 Å². The number of nitriles is 1. The van der Waals surface area contributed by atoms with Crippen LogP contribution in [0, 0.1) is 11.3 Å². The Labute approximate surface area is 104 Å². The second kappa shape index (κ2) is 3.74. The Bertz CT molecular complexity index is 678. The maximum atomic E-state index is 11.5. The summed E-state index contributed by atoms with van der Waals surface area (Å²) in [5.74, 6) is -0.320. The largest absolute Gasteiger partial charge is 0.369 e. The Kier molecular flexibility index (Phi) is 2.47. The smallest absolute Gasteiger partial charge is 0.243 e. The highest BCUT2D eigenvalue weighted by molar-refractivity contribution is 5.87. The van der Waals surface area contributed by atoms with Crippen LogP contribution >= 0.6 is 0 Å². The number of nitrogens with zero attached hydrogens (tertiary/aromatic N) is 3. The van der Waals surface area contributed by atoms with Gasteiger partial charge in [0.25, 0.3) is 0 Å². The van der Waals surface area contributed by atoms with Crippen molar-refractivity contribution in [3.8, 4) is 6.07 Å². The molecule has 1 amide bonds. The van der Waals surface area contributed by atoms with Crippen molar-refractivity contribution in [2.45, 2.75) is 19.4 Å². The number of carbonyl (C=O) groups is 1. The van der Waals surface area contributed by atoms with E-state index in [-0.39, 0.29) is 5.95 Å². The van der Waals surface area contributed by atoms with Gasteiger partial charge in [0.15, 0.2) is 0 Å². The molecule has 0 unspecified atom stereocenters. The molecule has 0 aliphatic heterocycles. The second-order valence-corrected chi connectivity index (χ2v) is 4.54. The fraction of sp³-hybridized carbons (Fsp3) is 0.250. The number of imidazole rings is 1. The molecule has 0 spiro atoms. The third kappa shape index (κ3) is 1.57. The zero-order valence-corrected chi connectivity index (χ0v) is 10.1. The number of amides is 1. The maximum Gasteiger partial charge on any atom is 0.243 e. The number of fused-ring (bicyclic) bond motifs is 1. The van der Waals surface area contributed by atoms with Crippen molar-refractivity contribution in [1.29, 1.82) is 5.26 Å². The molecular formula is C12H13N5O. The van der Waals surface area contributed by atoms with Crippen LogP contribution in [0.2, 0.25) is 0 Å². The number of hydrogen-bond acceptors (Lipinski definition) is 4. The number of carbonyl (C=O) groups excluding carboxylic acids is 1. The zero-order valence-electron chi connectivity index (χ0n) is 10.1. The molecule has 0 saturated heterocycles. The lowest BCUT2D eigenvalue weighted by Crippen LogP contribution is -2.41. The Morgan fingerprint density at radius 3 is 2.72 bits per heavy atom. The fourth-order valence-corrected chi connectivity index (χ4v) is 1.86. The minimum atomic E-state index is -1.01. The summed E-state index contributed by atoms with van der Waals surface area (Å²) < 4.78 is 1.55. The van der Waals surface area contributed by atoms with E-state index in [1.807, 2.05) is 6.07 Å². The first kappa shape index (κ1) is 11.9. The van der Waals surface area contributed by atoms with Gasteiger partial charge in [-0.3, -0.25) is 9.36 Å². The third-order valence-electron chi connectivity index (χ3n) is 2.97. The van der Waals surface area contributed by atoms with Crippen LogP contribution in [0.1, 0.15) is 19.4 Å². The molecule has 0 aliphatic carbocycles. The molecule has 6 nitrogen and oxygen atoms in total. The molecule has 6 heteroatoms. The summed E-state index contributed by atoms with van der Waals surface area (Å²) in [6.45, 7) is 3.32. The van der Waals surface area contributed by atoms with Gasteiger partial charge in [0.05, 0.1) is 22.7 Å². The summed E-state index contributed by atoms with van der Waals surface area (Å²) in [7, 11) is 0. The van der Waals surface area contributed by atoms with Gasteiger partial charge in [-0.15, -0.1) is 0 Å². The maximum absolute atomic E-state index is 11.5. The first-order valence-corrected chi connectivity index (χ1v) is 5.36. The summed E-state index contributed by atoms with van der Waals surface area (Å²) >= 11 is 0. The Balaban J connectivity index is 2.82. The quantitative estimate of drug-likeness (QED) is 0.809. The van der Waals surface area contributed by atoms with Crippen molar-refractivity contribution < 1.29 is 4.79 Å². The third-order valence-corrected chi connectivity index (χ3v) is 2.97. The van der Waals surface area contributed by atoms with Gasteiger partial charge < -0.3 is 11.5 Å². The molecule has 0 saturated carbocycles. The first-order chi connectivity index (χ1) is 8.37. The van der Waals surface area contributed by atoms with Gasteiger partial charge in [-0.2, -0.15) is 5.26 Å². The molecule has 1 heterocycles. The Morgan fingerprint density at radius 1 is 1.50 bits per heavy atom. The molecule has 1 aromatic carbocycles. The Hall–Kier alpha value is -2.55. The molecule has 2 aromatic rings. The lowest BCUT2D eigenvalue weighted by molar-refractivity contribution is -0.124. The predicted molar refractivity (Wildman–Crippen MR) is 67.4 cm³/mol. The molecule has 4 N–H and O–H groups in total. The summed E-state index contributed by atoms with van der Waals surface area (Å²) in [6, 6.07) is 7.02. The number of rotatable bonds is 2. The number of anilines is 1. The van der Waals surface area contributed by atoms with Crippen LogP contribution in [0.15, 0.2) is 18.2 Å². The standard InChI is InChI=1S/C12H13N5O/c1-12(2,10(14)18)17-9-5-7(6-13)3-4-8(9)16-11(17)15/h3-5H,1-2H3,(H2,14,18)(H2,15,16). The number of aromatic nitrogens is 2. The highest BCUT2D eigenvalue weighted by Gasteiger charge is 2.31. The summed E-state index contributed by atoms with van der Waals surface area (Å²) in [5, 5.41) is 8.90. The number of primary amides is 1. The van der Waals surface area contributed by atoms with E-state index in [2.05, 4.69) is 4.98 Å². The van der Waals surface area contributed by atoms with Gasteiger partial charge in [-0.25, -0.2) is 4.98 Å². The molecule has 0 atom stereocenters. The van der Waals surface area contributed by atoms with E-state index in [0.717, 1.165) is 0 Å². The van der Waals surface area contributed by atoms with Crippen LogP contribution in [0.25, 0.3) is 11.0 Å². The van der Waals surface area contributed by atoms with Crippen LogP contribution in [-0.2, 0) is 10.3 Å². The SMILES string of the molecule is CC(C)(C(N)=O)n1c(N)nc2ccc(C#N)cc21. The summed E-state index contributed by atoms with van der Waals surface area (Å²) in [5.41, 5.74) is 11.9. The normalized spacial score (nSPS) is 11.4. The van der Waals surface area contributed by atoms with E-state index >= 15 is 0 Å². The van der Waals surface area contributed by atoms with Gasteiger partial charge in [0, 0.05) is 0 Å². The van der Waals surface area contributed by atoms with Crippen LogP contribution in [0.3, 0.4) is 0 Å². The molecular weight excluding hydrogens is 230 g/mol. The topological polar surface area (TPSA) is 111 Å². The Morgan fingerprint density at radius 2 is 2.17 bits per heavy atom. The molecule has 0 bridgehead atoms. The second-order valence-electron chi connectivity index (χ2n) is 4.54. The molecule has 1 aromatic heterocycles. The van der Waals surface area contributed by atoms with Crippen molar-refractivity contribution >= 4 is 22.9 Å². The van der Waals surface area contributed by atoms with Crippen molar-refractivity contribution in [2.24, 2.45) is 5.73 Å². The van der Waals surface area contributed by atoms with E-state index in [9.17, 15) is 4.79 Å². The van der Waals surface area contributed by atoms with Crippen LogP contribution in [-0.4, -0.2) is 15.5 Å². The fourth-order valence-electron chi connectivity index (χ4n) is 1.86. The zero-order chi connectivity index (χ0) is 13.5. The minimum absolute atomic E-state index is 0.198. The molecule has 0 radical (unpaired) electrons. The van der Waals surface area contributed by atoms with E-state index in [1.54, 1.807) is 36.6 Å². The number of hydrogen-bond donors (Lipinski definition) is 2. The minimum Gasteiger partial charge on any atom is -0.369 e. The van der Waals surface area contributed by atoms with Gasteiger partial charge >= 0.3 is 0 Å². The molecule has 0 fully saturated rings. The number of nitrogen functional groups attached to an aromatic ring is 1. The van der Waals surface area contributed by atoms with E-state index in [1.165, 1.54) is 0 Å². The van der Waals surface area contributed by atoms with Crippen LogP contribution in [0.5, 0.6) is 0 Å². The van der Waals surface area contributed by atoms with Crippen molar-refractivity contribution in [2.75, 3.05) is 5.73 Å². The lowest BCUT2D eigenvalue weighted by atomic mass is 10.0. The van der Waals surface area contributed by atoms with Crippen LogP contribution < -0.4 is 11.5 Å². The van der Waals surface area contributed by atoms with Gasteiger partial charge in [0.2, 0.25) is 11.9 Å². The van der Waals surface area contributed by atoms with Crippen molar-refractivity contribution in [3.63, 3.8) is 0 Å². The van der Waals surface area contributed by atoms with Gasteiger partial charge in [0.1, 0.15) is 5.54 Å². The van der Waals surface area contributed by atoms with E-state index < -0.39 is 11.4 Å². The highest BCUT2D eigenvalue weighted by atomic mass is 16.1. The van der Waals surface area contributed by atoms with Crippen molar-refractivity contribution in [1.82, 2.24) is 9.55 Å². The summed E-state index contributed by atoms with van der Waals surface area (Å²) in [6.07, 6.45) is 0. The monoisotopic (exact) mass is 243 g/mol. The summed E-state index contributed by atoms with van der Waals surface area (Å²) in [4.78, 5) is 15.7. The molecule has 92 valence electrons. The first-order valence-electron chi connectivity index (χ1n) is 5.36. The molecule has 0 aliphatic rings. The average molecular weight is 243 g/mol.